The molecular formula is C16H11ClFN3. The lowest BCUT2D eigenvalue weighted by atomic mass is 10.2. The van der Waals surface area contributed by atoms with Crippen molar-refractivity contribution in [2.45, 2.75) is 12.8 Å². The molecule has 0 N–H and O–H groups in total. The first-order valence-electron chi connectivity index (χ1n) is 6.38. The Morgan fingerprint density at radius 2 is 2.14 bits per heavy atom. The second kappa shape index (κ2) is 5.19. The van der Waals surface area contributed by atoms with Gasteiger partial charge in [-0.05, 0) is 42.8 Å². The highest BCUT2D eigenvalue weighted by Gasteiger charge is 2.14. The minimum absolute atomic E-state index is 0.204. The summed E-state index contributed by atoms with van der Waals surface area (Å²) in [6.45, 7) is 1.71. The van der Waals surface area contributed by atoms with Crippen molar-refractivity contribution in [1.29, 1.82) is 5.26 Å². The summed E-state index contributed by atoms with van der Waals surface area (Å²) in [5.74, 6) is 0.573. The Labute approximate surface area is 126 Å². The molecule has 1 heterocycles. The van der Waals surface area contributed by atoms with Crippen LogP contribution in [-0.2, 0) is 5.88 Å². The number of aromatic nitrogens is 2. The predicted octanol–water partition coefficient (Wildman–Crippen LogP) is 4.08. The Bertz CT molecular complexity index is 877. The average molecular weight is 300 g/mol. The van der Waals surface area contributed by atoms with E-state index in [-0.39, 0.29) is 11.7 Å². The van der Waals surface area contributed by atoms with Crippen molar-refractivity contribution in [2.75, 3.05) is 0 Å². The summed E-state index contributed by atoms with van der Waals surface area (Å²) in [5, 5.41) is 9.18. The van der Waals surface area contributed by atoms with Crippen molar-refractivity contribution in [3.05, 3.63) is 59.2 Å². The minimum atomic E-state index is -0.256. The molecular weight excluding hydrogens is 289 g/mol. The first-order valence-corrected chi connectivity index (χ1v) is 6.92. The van der Waals surface area contributed by atoms with Crippen LogP contribution in [0.1, 0.15) is 17.0 Å². The van der Waals surface area contributed by atoms with Crippen LogP contribution in [0.5, 0.6) is 0 Å². The highest BCUT2D eigenvalue weighted by molar-refractivity contribution is 6.17. The number of nitrogens with zero attached hydrogens (tertiary/aromatic N) is 3. The maximum atomic E-state index is 13.5. The third-order valence-electron chi connectivity index (χ3n) is 3.39. The van der Waals surface area contributed by atoms with Gasteiger partial charge in [-0.2, -0.15) is 5.26 Å². The summed E-state index contributed by atoms with van der Waals surface area (Å²) in [6.07, 6.45) is 0. The number of para-hydroxylation sites is 1. The molecule has 3 rings (SSSR count). The minimum Gasteiger partial charge on any atom is -0.295 e. The monoisotopic (exact) mass is 299 g/mol. The van der Waals surface area contributed by atoms with Gasteiger partial charge < -0.3 is 0 Å². The summed E-state index contributed by atoms with van der Waals surface area (Å²) in [5.41, 5.74) is 3.22. The van der Waals surface area contributed by atoms with E-state index in [2.05, 4.69) is 11.1 Å². The number of aryl methyl sites for hydroxylation is 1. The molecule has 3 aromatic rings. The van der Waals surface area contributed by atoms with Crippen LogP contribution >= 0.6 is 11.6 Å². The lowest BCUT2D eigenvalue weighted by molar-refractivity contribution is 0.618. The zero-order valence-electron chi connectivity index (χ0n) is 11.3. The van der Waals surface area contributed by atoms with Crippen molar-refractivity contribution < 1.29 is 4.39 Å². The largest absolute Gasteiger partial charge is 0.295 e. The van der Waals surface area contributed by atoms with Gasteiger partial charge in [0, 0.05) is 5.69 Å². The molecule has 0 unspecified atom stereocenters. The number of alkyl halides is 1. The van der Waals surface area contributed by atoms with Crippen molar-refractivity contribution >= 4 is 22.6 Å². The molecule has 0 spiro atoms. The van der Waals surface area contributed by atoms with Crippen LogP contribution in [0.2, 0.25) is 0 Å². The summed E-state index contributed by atoms with van der Waals surface area (Å²) in [4.78, 5) is 4.45. The van der Waals surface area contributed by atoms with Gasteiger partial charge in [0.25, 0.3) is 0 Å². The second-order valence-electron chi connectivity index (χ2n) is 4.72. The highest BCUT2D eigenvalue weighted by atomic mass is 35.5. The normalized spacial score (nSPS) is 10.8. The molecule has 0 amide bonds. The van der Waals surface area contributed by atoms with E-state index in [9.17, 15) is 9.65 Å². The Hall–Kier alpha value is -2.38. The highest BCUT2D eigenvalue weighted by Crippen LogP contribution is 2.25. The quantitative estimate of drug-likeness (QED) is 0.669. The number of benzene rings is 2. The van der Waals surface area contributed by atoms with Crippen molar-refractivity contribution in [1.82, 2.24) is 9.55 Å². The first kappa shape index (κ1) is 13.6. The Morgan fingerprint density at radius 1 is 1.33 bits per heavy atom. The van der Waals surface area contributed by atoms with Crippen LogP contribution in [0.25, 0.3) is 16.7 Å². The number of fused-ring (bicyclic) bond motifs is 1. The molecule has 0 aliphatic carbocycles. The number of imidazole rings is 1. The molecule has 0 saturated carbocycles. The second-order valence-corrected chi connectivity index (χ2v) is 4.98. The van der Waals surface area contributed by atoms with E-state index in [0.29, 0.717) is 22.5 Å². The van der Waals surface area contributed by atoms with Gasteiger partial charge in [-0.25, -0.2) is 9.37 Å². The standard InChI is InChI=1S/C16H11ClFN3/c1-10-7-12(5-6-13(10)18)21-14-4-2-3-11(9-19)16(14)20-15(21)8-17/h2-7H,8H2,1H3. The van der Waals surface area contributed by atoms with Gasteiger partial charge >= 0.3 is 0 Å². The molecule has 21 heavy (non-hydrogen) atoms. The van der Waals surface area contributed by atoms with E-state index in [1.165, 1.54) is 6.07 Å². The van der Waals surface area contributed by atoms with E-state index in [1.807, 2.05) is 10.6 Å². The van der Waals surface area contributed by atoms with Crippen LogP contribution in [-0.4, -0.2) is 9.55 Å². The van der Waals surface area contributed by atoms with Crippen LogP contribution < -0.4 is 0 Å². The zero-order valence-corrected chi connectivity index (χ0v) is 12.0. The number of hydrogen-bond donors (Lipinski definition) is 0. The number of halogens is 2. The van der Waals surface area contributed by atoms with Crippen molar-refractivity contribution in [3.63, 3.8) is 0 Å². The smallest absolute Gasteiger partial charge is 0.129 e. The Balaban J connectivity index is 2.35. The maximum Gasteiger partial charge on any atom is 0.129 e. The molecule has 0 saturated heterocycles. The fourth-order valence-electron chi connectivity index (χ4n) is 2.38. The lowest BCUT2D eigenvalue weighted by Gasteiger charge is -2.09. The van der Waals surface area contributed by atoms with E-state index in [4.69, 9.17) is 11.6 Å². The van der Waals surface area contributed by atoms with Gasteiger partial charge in [0.2, 0.25) is 0 Å². The Kier molecular flexibility index (Phi) is 3.36. The van der Waals surface area contributed by atoms with Crippen LogP contribution in [0.15, 0.2) is 36.4 Å². The molecule has 5 heteroatoms. The van der Waals surface area contributed by atoms with Crippen molar-refractivity contribution in [2.24, 2.45) is 0 Å². The molecule has 0 bridgehead atoms. The SMILES string of the molecule is Cc1cc(-n2c(CCl)nc3c(C#N)cccc32)ccc1F. The molecule has 0 aliphatic rings. The molecule has 0 atom stereocenters. The van der Waals surface area contributed by atoms with Gasteiger partial charge in [-0.3, -0.25) is 4.57 Å². The van der Waals surface area contributed by atoms with E-state index in [1.54, 1.807) is 31.2 Å². The van der Waals surface area contributed by atoms with Gasteiger partial charge in [0.1, 0.15) is 23.2 Å². The zero-order chi connectivity index (χ0) is 15.0. The van der Waals surface area contributed by atoms with Crippen LogP contribution in [0, 0.1) is 24.1 Å². The molecule has 104 valence electrons. The molecule has 0 fully saturated rings. The number of hydrogen-bond acceptors (Lipinski definition) is 2. The van der Waals surface area contributed by atoms with Gasteiger partial charge in [-0.1, -0.05) is 6.07 Å². The van der Waals surface area contributed by atoms with E-state index >= 15 is 0 Å². The van der Waals surface area contributed by atoms with Gasteiger partial charge in [0.15, 0.2) is 0 Å². The molecule has 0 aliphatic heterocycles. The molecule has 0 radical (unpaired) electrons. The summed E-state index contributed by atoms with van der Waals surface area (Å²) >= 11 is 5.98. The summed E-state index contributed by atoms with van der Waals surface area (Å²) in [6, 6.07) is 12.4. The fourth-order valence-corrected chi connectivity index (χ4v) is 2.56. The molecule has 1 aromatic heterocycles. The summed E-state index contributed by atoms with van der Waals surface area (Å²) < 4.78 is 15.3. The number of nitriles is 1. The van der Waals surface area contributed by atoms with E-state index < -0.39 is 0 Å². The fraction of sp³-hybridized carbons (Fsp3) is 0.125. The average Bonchev–Trinajstić information content (AvgIpc) is 2.88. The molecule has 3 nitrogen and oxygen atoms in total. The Morgan fingerprint density at radius 3 is 2.81 bits per heavy atom. The number of rotatable bonds is 2. The third kappa shape index (κ3) is 2.16. The van der Waals surface area contributed by atoms with Gasteiger partial charge in [-0.15, -0.1) is 11.6 Å². The third-order valence-corrected chi connectivity index (χ3v) is 3.63. The lowest BCUT2D eigenvalue weighted by Crippen LogP contribution is -2.00. The molecule has 2 aromatic carbocycles. The van der Waals surface area contributed by atoms with Gasteiger partial charge in [0.05, 0.1) is 17.0 Å². The topological polar surface area (TPSA) is 41.6 Å². The maximum absolute atomic E-state index is 13.5. The first-order chi connectivity index (χ1) is 10.2. The van der Waals surface area contributed by atoms with Crippen LogP contribution in [0.4, 0.5) is 4.39 Å². The summed E-state index contributed by atoms with van der Waals surface area (Å²) in [7, 11) is 0. The predicted molar refractivity (Wildman–Crippen MR) is 80.0 cm³/mol. The van der Waals surface area contributed by atoms with Crippen LogP contribution in [0.3, 0.4) is 0 Å². The van der Waals surface area contributed by atoms with E-state index in [0.717, 1.165) is 11.2 Å². The van der Waals surface area contributed by atoms with Crippen molar-refractivity contribution in [3.8, 4) is 11.8 Å².